The van der Waals surface area contributed by atoms with Crippen LogP contribution in [0, 0.1) is 5.92 Å². The van der Waals surface area contributed by atoms with Crippen molar-refractivity contribution in [2.75, 3.05) is 5.75 Å². The number of hydrogen-bond acceptors (Lipinski definition) is 3. The molecule has 0 radical (unpaired) electrons. The van der Waals surface area contributed by atoms with Crippen molar-refractivity contribution in [3.8, 4) is 0 Å². The van der Waals surface area contributed by atoms with Gasteiger partial charge in [-0.05, 0) is 85.6 Å². The quantitative estimate of drug-likeness (QED) is 0.650. The predicted octanol–water partition coefficient (Wildman–Crippen LogP) is 5.03. The molecule has 1 heterocycles. The van der Waals surface area contributed by atoms with E-state index in [0.29, 0.717) is 24.7 Å². The van der Waals surface area contributed by atoms with Gasteiger partial charge in [0.05, 0.1) is 5.75 Å². The summed E-state index contributed by atoms with van der Waals surface area (Å²) in [5.41, 5.74) is 3.55. The number of benzene rings is 1. The van der Waals surface area contributed by atoms with Crippen LogP contribution < -0.4 is 5.14 Å². The summed E-state index contributed by atoms with van der Waals surface area (Å²) >= 11 is 6.13. The summed E-state index contributed by atoms with van der Waals surface area (Å²) in [4.78, 5) is 4.54. The molecule has 0 aliphatic heterocycles. The van der Waals surface area contributed by atoms with E-state index in [1.54, 1.807) is 0 Å². The van der Waals surface area contributed by atoms with Crippen molar-refractivity contribution in [3.05, 3.63) is 64.4 Å². The maximum Gasteiger partial charge on any atom is 0.209 e. The van der Waals surface area contributed by atoms with Gasteiger partial charge in [-0.3, -0.25) is 4.98 Å². The lowest BCUT2D eigenvalue weighted by molar-refractivity contribution is 0.454. The van der Waals surface area contributed by atoms with Crippen LogP contribution in [0.2, 0.25) is 5.02 Å². The minimum atomic E-state index is -3.39. The number of pyridine rings is 1. The Morgan fingerprint density at radius 1 is 1.25 bits per heavy atom. The monoisotopic (exact) mass is 420 g/mol. The predicted molar refractivity (Wildman–Crippen MR) is 115 cm³/mol. The number of nitrogens with two attached hydrogens (primary N) is 1. The lowest BCUT2D eigenvalue weighted by atomic mass is 9.88. The fourth-order valence-corrected chi connectivity index (χ4v) is 5.07. The molecular formula is C22H29ClN2O2S. The molecule has 28 heavy (non-hydrogen) atoms. The lowest BCUT2D eigenvalue weighted by Gasteiger charge is -2.18. The number of aromatic nitrogens is 1. The topological polar surface area (TPSA) is 73.1 Å². The van der Waals surface area contributed by atoms with Crippen molar-refractivity contribution in [1.82, 2.24) is 4.98 Å². The number of primary sulfonamides is 1. The summed E-state index contributed by atoms with van der Waals surface area (Å²) in [6.07, 6.45) is 7.98. The van der Waals surface area contributed by atoms with Crippen LogP contribution in [-0.4, -0.2) is 19.2 Å². The summed E-state index contributed by atoms with van der Waals surface area (Å²) in [5, 5.41) is 5.85. The average molecular weight is 421 g/mol. The molecule has 2 N–H and O–H groups in total. The maximum atomic E-state index is 11.0. The second-order valence-corrected chi connectivity index (χ2v) is 10.3. The highest BCUT2D eigenvalue weighted by molar-refractivity contribution is 7.89. The van der Waals surface area contributed by atoms with Crippen LogP contribution in [0.1, 0.15) is 67.7 Å². The van der Waals surface area contributed by atoms with Crippen molar-refractivity contribution in [1.29, 1.82) is 0 Å². The Morgan fingerprint density at radius 2 is 2.07 bits per heavy atom. The normalized spacial score (nSPS) is 21.0. The molecular weight excluding hydrogens is 392 g/mol. The van der Waals surface area contributed by atoms with Gasteiger partial charge in [0.2, 0.25) is 10.0 Å². The third-order valence-corrected chi connectivity index (χ3v) is 6.92. The van der Waals surface area contributed by atoms with E-state index in [9.17, 15) is 8.42 Å². The van der Waals surface area contributed by atoms with Crippen molar-refractivity contribution in [2.45, 2.75) is 57.3 Å². The number of halogens is 1. The maximum absolute atomic E-state index is 11.0. The minimum Gasteiger partial charge on any atom is -0.261 e. The van der Waals surface area contributed by atoms with Crippen molar-refractivity contribution < 1.29 is 8.42 Å². The Hall–Kier alpha value is -1.43. The molecule has 1 aromatic heterocycles. The second-order valence-electron chi connectivity index (χ2n) is 8.12. The van der Waals surface area contributed by atoms with Crippen molar-refractivity contribution in [3.63, 3.8) is 0 Å². The van der Waals surface area contributed by atoms with Crippen molar-refractivity contribution in [2.24, 2.45) is 11.1 Å². The van der Waals surface area contributed by atoms with E-state index in [-0.39, 0.29) is 5.75 Å². The van der Waals surface area contributed by atoms with Crippen LogP contribution in [-0.2, 0) is 16.4 Å². The second kappa shape index (κ2) is 9.38. The van der Waals surface area contributed by atoms with Gasteiger partial charge in [-0.1, -0.05) is 36.7 Å². The first-order valence-corrected chi connectivity index (χ1v) is 12.1. The summed E-state index contributed by atoms with van der Waals surface area (Å²) in [7, 11) is -3.39. The van der Waals surface area contributed by atoms with Gasteiger partial charge in [-0.25, -0.2) is 13.6 Å². The van der Waals surface area contributed by atoms with E-state index in [4.69, 9.17) is 16.7 Å². The van der Waals surface area contributed by atoms with Gasteiger partial charge in [0.25, 0.3) is 0 Å². The average Bonchev–Trinajstić information content (AvgIpc) is 3.10. The van der Waals surface area contributed by atoms with E-state index in [2.05, 4.69) is 30.1 Å². The summed E-state index contributed by atoms with van der Waals surface area (Å²) in [6.45, 7) is 2.29. The van der Waals surface area contributed by atoms with Gasteiger partial charge in [-0.15, -0.1) is 0 Å². The molecule has 2 aromatic rings. The van der Waals surface area contributed by atoms with E-state index < -0.39 is 10.0 Å². The van der Waals surface area contributed by atoms with Gasteiger partial charge in [0, 0.05) is 16.9 Å². The highest BCUT2D eigenvalue weighted by atomic mass is 35.5. The SMILES string of the molecule is C[C@@H](C[C@H]1CC[C@@H](c2ccc(CCCS(N)(=O)=O)nc2)C1)c1cccc(Cl)c1. The zero-order chi connectivity index (χ0) is 20.1. The van der Waals surface area contributed by atoms with Crippen LogP contribution in [0.5, 0.6) is 0 Å². The standard InChI is InChI=1S/C22H29ClN2O2S/c1-16(18-4-2-5-21(23)14-18)12-17-7-8-19(13-17)20-9-10-22(25-15-20)6-3-11-28(24,26)27/h2,4-5,9-10,14-17,19H,3,6-8,11-13H2,1H3,(H2,24,26,27)/t16-,17+,19+/m0/s1. The fourth-order valence-electron chi connectivity index (χ4n) is 4.32. The van der Waals surface area contributed by atoms with Gasteiger partial charge >= 0.3 is 0 Å². The Balaban J connectivity index is 1.50. The third kappa shape index (κ3) is 6.29. The molecule has 3 atom stereocenters. The molecule has 0 bridgehead atoms. The Kier molecular flexibility index (Phi) is 7.13. The zero-order valence-corrected chi connectivity index (χ0v) is 17.9. The lowest BCUT2D eigenvalue weighted by Crippen LogP contribution is -2.16. The zero-order valence-electron chi connectivity index (χ0n) is 16.4. The molecule has 0 unspecified atom stereocenters. The molecule has 3 rings (SSSR count). The highest BCUT2D eigenvalue weighted by Crippen LogP contribution is 2.42. The summed E-state index contributed by atoms with van der Waals surface area (Å²) < 4.78 is 22.0. The van der Waals surface area contributed by atoms with Gasteiger partial charge in [0.1, 0.15) is 0 Å². The molecule has 1 aliphatic rings. The molecule has 152 valence electrons. The Bertz CT molecular complexity index is 884. The fraction of sp³-hybridized carbons (Fsp3) is 0.500. The van der Waals surface area contributed by atoms with Crippen molar-refractivity contribution >= 4 is 21.6 Å². The highest BCUT2D eigenvalue weighted by Gasteiger charge is 2.27. The molecule has 1 aromatic carbocycles. The molecule has 4 nitrogen and oxygen atoms in total. The first-order valence-electron chi connectivity index (χ1n) is 10.0. The van der Waals surface area contributed by atoms with E-state index in [1.807, 2.05) is 24.4 Å². The van der Waals surface area contributed by atoms with E-state index >= 15 is 0 Å². The third-order valence-electron chi connectivity index (χ3n) is 5.83. The van der Waals surface area contributed by atoms with Crippen LogP contribution in [0.3, 0.4) is 0 Å². The minimum absolute atomic E-state index is 0.00550. The first kappa shape index (κ1) is 21.3. The molecule has 1 fully saturated rings. The first-order chi connectivity index (χ1) is 13.3. The molecule has 0 spiro atoms. The largest absolute Gasteiger partial charge is 0.261 e. The summed E-state index contributed by atoms with van der Waals surface area (Å²) in [6, 6.07) is 12.4. The number of sulfonamides is 1. The van der Waals surface area contributed by atoms with Crippen LogP contribution >= 0.6 is 11.6 Å². The van der Waals surface area contributed by atoms with Crippen LogP contribution in [0.4, 0.5) is 0 Å². The smallest absolute Gasteiger partial charge is 0.209 e. The van der Waals surface area contributed by atoms with Crippen LogP contribution in [0.25, 0.3) is 0 Å². The number of hydrogen-bond donors (Lipinski definition) is 1. The molecule has 6 heteroatoms. The molecule has 0 amide bonds. The van der Waals surface area contributed by atoms with E-state index in [1.165, 1.54) is 36.8 Å². The molecule has 1 saturated carbocycles. The number of rotatable bonds is 8. The van der Waals surface area contributed by atoms with Gasteiger partial charge in [0.15, 0.2) is 0 Å². The summed E-state index contributed by atoms with van der Waals surface area (Å²) in [5.74, 6) is 1.82. The molecule has 0 saturated heterocycles. The van der Waals surface area contributed by atoms with E-state index in [0.717, 1.165) is 16.6 Å². The van der Waals surface area contributed by atoms with Gasteiger partial charge in [-0.2, -0.15) is 0 Å². The Morgan fingerprint density at radius 3 is 2.75 bits per heavy atom. The van der Waals surface area contributed by atoms with Crippen LogP contribution in [0.15, 0.2) is 42.6 Å². The Labute approximate surface area is 173 Å². The number of aryl methyl sites for hydroxylation is 1. The van der Waals surface area contributed by atoms with Gasteiger partial charge < -0.3 is 0 Å². The number of nitrogens with zero attached hydrogens (tertiary/aromatic N) is 1. The molecule has 1 aliphatic carbocycles.